The number of nitrogens with two attached hydrogens (primary N) is 1. The second-order valence-corrected chi connectivity index (χ2v) is 4.79. The molecule has 2 atom stereocenters. The molecule has 0 saturated carbocycles. The predicted octanol–water partition coefficient (Wildman–Crippen LogP) is 1.77. The number of aromatic nitrogens is 4. The van der Waals surface area contributed by atoms with Crippen LogP contribution in [0.15, 0.2) is 35.9 Å². The molecule has 0 saturated heterocycles. The maximum atomic E-state index is 6.14. The van der Waals surface area contributed by atoms with Crippen molar-refractivity contribution in [2.24, 2.45) is 5.73 Å². The average molecular weight is 249 g/mol. The summed E-state index contributed by atoms with van der Waals surface area (Å²) in [5.41, 5.74) is 7.12. The van der Waals surface area contributed by atoms with Crippen molar-refractivity contribution in [2.75, 3.05) is 0 Å². The van der Waals surface area contributed by atoms with Gasteiger partial charge in [-0.25, -0.2) is 4.98 Å². The lowest BCUT2D eigenvalue weighted by Gasteiger charge is -2.20. The molecule has 3 N–H and O–H groups in total. The molecule has 5 nitrogen and oxygen atoms in total. The molecule has 17 heavy (non-hydrogen) atoms. The highest BCUT2D eigenvalue weighted by Gasteiger charge is 2.22. The first-order chi connectivity index (χ1) is 8.31. The van der Waals surface area contributed by atoms with Gasteiger partial charge < -0.3 is 5.73 Å². The second kappa shape index (κ2) is 5.79. The lowest BCUT2D eigenvalue weighted by molar-refractivity contribution is 0.623. The quantitative estimate of drug-likeness (QED) is 0.789. The van der Waals surface area contributed by atoms with Crippen LogP contribution in [0.4, 0.5) is 0 Å². The summed E-state index contributed by atoms with van der Waals surface area (Å²) in [6.07, 6.45) is 4.17. The minimum Gasteiger partial charge on any atom is -0.326 e. The van der Waals surface area contributed by atoms with Gasteiger partial charge in [0.05, 0.1) is 10.9 Å². The van der Waals surface area contributed by atoms with Crippen molar-refractivity contribution in [3.63, 3.8) is 0 Å². The van der Waals surface area contributed by atoms with Crippen molar-refractivity contribution < 1.29 is 0 Å². The van der Waals surface area contributed by atoms with Crippen molar-refractivity contribution in [3.8, 4) is 0 Å². The fourth-order valence-corrected chi connectivity index (χ4v) is 2.58. The molecule has 2 aromatic heterocycles. The third-order valence-corrected chi connectivity index (χ3v) is 3.74. The van der Waals surface area contributed by atoms with Crippen molar-refractivity contribution in [1.29, 1.82) is 0 Å². The fourth-order valence-electron chi connectivity index (χ4n) is 1.50. The SMILES string of the molecule is CCC(N)C(Sc1ncn[nH]1)c1ccccn1. The van der Waals surface area contributed by atoms with Crippen molar-refractivity contribution in [3.05, 3.63) is 36.4 Å². The summed E-state index contributed by atoms with van der Waals surface area (Å²) in [5.74, 6) is 0. The molecule has 6 heteroatoms. The van der Waals surface area contributed by atoms with Crippen molar-refractivity contribution in [2.45, 2.75) is 29.8 Å². The van der Waals surface area contributed by atoms with Crippen LogP contribution in [0.1, 0.15) is 24.3 Å². The molecule has 0 amide bonds. The summed E-state index contributed by atoms with van der Waals surface area (Å²) in [5, 5.41) is 7.53. The van der Waals surface area contributed by atoms with E-state index in [1.54, 1.807) is 18.0 Å². The molecule has 0 aromatic carbocycles. The number of hydrogen-bond acceptors (Lipinski definition) is 5. The average Bonchev–Trinajstić information content (AvgIpc) is 2.89. The molecule has 0 aliphatic heterocycles. The van der Waals surface area contributed by atoms with Crippen LogP contribution in [-0.2, 0) is 0 Å². The Morgan fingerprint density at radius 3 is 2.88 bits per heavy atom. The summed E-state index contributed by atoms with van der Waals surface area (Å²) >= 11 is 1.56. The van der Waals surface area contributed by atoms with Crippen molar-refractivity contribution >= 4 is 11.8 Å². The van der Waals surface area contributed by atoms with Crippen LogP contribution < -0.4 is 5.73 Å². The van der Waals surface area contributed by atoms with Gasteiger partial charge in [-0.1, -0.05) is 24.8 Å². The Bertz CT molecular complexity index is 430. The van der Waals surface area contributed by atoms with E-state index in [0.717, 1.165) is 17.3 Å². The first-order valence-electron chi connectivity index (χ1n) is 5.49. The Labute approximate surface area is 104 Å². The molecular formula is C11H15N5S. The smallest absolute Gasteiger partial charge is 0.184 e. The van der Waals surface area contributed by atoms with Gasteiger partial charge in [0, 0.05) is 12.2 Å². The predicted molar refractivity (Wildman–Crippen MR) is 67.5 cm³/mol. The third-order valence-electron chi connectivity index (χ3n) is 2.47. The largest absolute Gasteiger partial charge is 0.326 e. The maximum Gasteiger partial charge on any atom is 0.184 e. The van der Waals surface area contributed by atoms with Crippen LogP contribution in [0.3, 0.4) is 0 Å². The summed E-state index contributed by atoms with van der Waals surface area (Å²) in [7, 11) is 0. The number of nitrogens with zero attached hydrogens (tertiary/aromatic N) is 3. The highest BCUT2D eigenvalue weighted by atomic mass is 32.2. The summed E-state index contributed by atoms with van der Waals surface area (Å²) < 4.78 is 0. The normalized spacial score (nSPS) is 14.5. The van der Waals surface area contributed by atoms with Crippen LogP contribution in [0.5, 0.6) is 0 Å². The molecule has 90 valence electrons. The van der Waals surface area contributed by atoms with Gasteiger partial charge in [-0.15, -0.1) is 0 Å². The zero-order valence-electron chi connectivity index (χ0n) is 9.58. The topological polar surface area (TPSA) is 80.5 Å². The van der Waals surface area contributed by atoms with E-state index in [4.69, 9.17) is 5.73 Å². The Balaban J connectivity index is 2.20. The zero-order valence-corrected chi connectivity index (χ0v) is 10.4. The van der Waals surface area contributed by atoms with Gasteiger partial charge in [0.2, 0.25) is 0 Å². The first kappa shape index (κ1) is 12.1. The minimum atomic E-state index is 0.0417. The van der Waals surface area contributed by atoms with Crippen LogP contribution in [0.25, 0.3) is 0 Å². The van der Waals surface area contributed by atoms with E-state index in [1.807, 2.05) is 18.2 Å². The van der Waals surface area contributed by atoms with Gasteiger partial charge in [0.15, 0.2) is 5.16 Å². The minimum absolute atomic E-state index is 0.0417. The fraction of sp³-hybridized carbons (Fsp3) is 0.364. The molecule has 0 bridgehead atoms. The standard InChI is InChI=1S/C11H15N5S/c1-2-8(12)10(9-5-3-4-6-13-9)17-11-14-7-15-16-11/h3-8,10H,2,12H2,1H3,(H,14,15,16). The molecule has 0 radical (unpaired) electrons. The highest BCUT2D eigenvalue weighted by Crippen LogP contribution is 2.34. The third kappa shape index (κ3) is 3.04. The molecule has 0 fully saturated rings. The lowest BCUT2D eigenvalue weighted by Crippen LogP contribution is -2.26. The van der Waals surface area contributed by atoms with E-state index in [0.29, 0.717) is 0 Å². The lowest BCUT2D eigenvalue weighted by atomic mass is 10.1. The van der Waals surface area contributed by atoms with E-state index in [1.165, 1.54) is 6.33 Å². The number of thioether (sulfide) groups is 1. The molecule has 0 aliphatic rings. The summed E-state index contributed by atoms with van der Waals surface area (Å²) in [6.45, 7) is 2.07. The molecule has 2 unspecified atom stereocenters. The van der Waals surface area contributed by atoms with Gasteiger partial charge in [-0.2, -0.15) is 5.10 Å². The van der Waals surface area contributed by atoms with E-state index >= 15 is 0 Å². The Morgan fingerprint density at radius 2 is 2.29 bits per heavy atom. The summed E-state index contributed by atoms with van der Waals surface area (Å²) in [4.78, 5) is 8.48. The van der Waals surface area contributed by atoms with E-state index < -0.39 is 0 Å². The zero-order chi connectivity index (χ0) is 12.1. The van der Waals surface area contributed by atoms with Crippen molar-refractivity contribution in [1.82, 2.24) is 20.2 Å². The monoisotopic (exact) mass is 249 g/mol. The van der Waals surface area contributed by atoms with E-state index in [-0.39, 0.29) is 11.3 Å². The van der Waals surface area contributed by atoms with Crippen LogP contribution in [0.2, 0.25) is 0 Å². The molecule has 0 aliphatic carbocycles. The van der Waals surface area contributed by atoms with Gasteiger partial charge >= 0.3 is 0 Å². The number of nitrogens with one attached hydrogen (secondary N) is 1. The van der Waals surface area contributed by atoms with Gasteiger partial charge in [0.1, 0.15) is 6.33 Å². The molecule has 2 rings (SSSR count). The van der Waals surface area contributed by atoms with Crippen LogP contribution >= 0.6 is 11.8 Å². The number of H-pyrrole nitrogens is 1. The number of aromatic amines is 1. The van der Waals surface area contributed by atoms with Crippen LogP contribution in [-0.4, -0.2) is 26.2 Å². The number of pyridine rings is 1. The van der Waals surface area contributed by atoms with Gasteiger partial charge in [-0.3, -0.25) is 10.1 Å². The Hall–Kier alpha value is -1.40. The number of rotatable bonds is 5. The first-order valence-corrected chi connectivity index (χ1v) is 6.37. The second-order valence-electron chi connectivity index (χ2n) is 3.66. The van der Waals surface area contributed by atoms with Gasteiger partial charge in [0.25, 0.3) is 0 Å². The number of hydrogen-bond donors (Lipinski definition) is 2. The van der Waals surface area contributed by atoms with E-state index in [9.17, 15) is 0 Å². The Kier molecular flexibility index (Phi) is 4.11. The molecule has 0 spiro atoms. The highest BCUT2D eigenvalue weighted by molar-refractivity contribution is 7.99. The van der Waals surface area contributed by atoms with Crippen LogP contribution in [0, 0.1) is 0 Å². The molecular weight excluding hydrogens is 234 g/mol. The van der Waals surface area contributed by atoms with Gasteiger partial charge in [-0.05, 0) is 18.6 Å². The molecule has 2 aromatic rings. The maximum absolute atomic E-state index is 6.14. The Morgan fingerprint density at radius 1 is 1.41 bits per heavy atom. The summed E-state index contributed by atoms with van der Waals surface area (Å²) in [6, 6.07) is 5.90. The molecule has 2 heterocycles. The van der Waals surface area contributed by atoms with E-state index in [2.05, 4.69) is 27.1 Å².